The van der Waals surface area contributed by atoms with Crippen LogP contribution in [0.25, 0.3) is 0 Å². The lowest BCUT2D eigenvalue weighted by molar-refractivity contribution is 0.0598. The van der Waals surface area contributed by atoms with Crippen LogP contribution in [0.5, 0.6) is 0 Å². The van der Waals surface area contributed by atoms with Gasteiger partial charge in [0.1, 0.15) is 6.10 Å². The summed E-state index contributed by atoms with van der Waals surface area (Å²) in [5.41, 5.74) is 2.60. The predicted octanol–water partition coefficient (Wildman–Crippen LogP) is 1.85. The third-order valence-electron chi connectivity index (χ3n) is 2.29. The SMILES string of the molecule is COC(=O)c1cc(C)ccc1C1CO1. The zero-order valence-electron chi connectivity index (χ0n) is 8.24. The molecule has 1 aliphatic rings. The first kappa shape index (κ1) is 9.21. The van der Waals surface area contributed by atoms with Crippen LogP contribution in [0.3, 0.4) is 0 Å². The lowest BCUT2D eigenvalue weighted by Gasteiger charge is -2.06. The summed E-state index contributed by atoms with van der Waals surface area (Å²) >= 11 is 0. The fourth-order valence-electron chi connectivity index (χ4n) is 1.47. The summed E-state index contributed by atoms with van der Waals surface area (Å²) in [5, 5.41) is 0. The van der Waals surface area contributed by atoms with Crippen LogP contribution in [0.2, 0.25) is 0 Å². The van der Waals surface area contributed by atoms with Gasteiger partial charge in [-0.25, -0.2) is 4.79 Å². The quantitative estimate of drug-likeness (QED) is 0.530. The number of benzene rings is 1. The highest BCUT2D eigenvalue weighted by atomic mass is 16.6. The molecule has 0 spiro atoms. The molecule has 74 valence electrons. The Labute approximate surface area is 82.6 Å². The molecule has 1 atom stereocenters. The normalized spacial score (nSPS) is 19.1. The van der Waals surface area contributed by atoms with Crippen LogP contribution < -0.4 is 0 Å². The molecule has 1 aliphatic heterocycles. The average molecular weight is 192 g/mol. The lowest BCUT2D eigenvalue weighted by atomic mass is 10.0. The number of methoxy groups -OCH3 is 1. The van der Waals surface area contributed by atoms with Crippen molar-refractivity contribution in [3.8, 4) is 0 Å². The van der Waals surface area contributed by atoms with Crippen LogP contribution in [0, 0.1) is 6.92 Å². The highest BCUT2D eigenvalue weighted by Gasteiger charge is 2.29. The second-order valence-corrected chi connectivity index (χ2v) is 3.40. The van der Waals surface area contributed by atoms with Crippen molar-refractivity contribution in [2.75, 3.05) is 13.7 Å². The van der Waals surface area contributed by atoms with Crippen LogP contribution in [-0.4, -0.2) is 19.7 Å². The molecule has 1 aromatic rings. The Bertz CT molecular complexity index is 367. The number of carbonyl (C=O) groups excluding carboxylic acids is 1. The van der Waals surface area contributed by atoms with Gasteiger partial charge in [0.25, 0.3) is 0 Å². The number of aryl methyl sites for hydroxylation is 1. The summed E-state index contributed by atoms with van der Waals surface area (Å²) in [4.78, 5) is 11.4. The van der Waals surface area contributed by atoms with Crippen molar-refractivity contribution in [1.29, 1.82) is 0 Å². The van der Waals surface area contributed by atoms with E-state index in [-0.39, 0.29) is 12.1 Å². The van der Waals surface area contributed by atoms with Crippen molar-refractivity contribution in [2.45, 2.75) is 13.0 Å². The van der Waals surface area contributed by atoms with Gasteiger partial charge in [0.05, 0.1) is 19.3 Å². The van der Waals surface area contributed by atoms with Crippen LogP contribution in [0.1, 0.15) is 27.6 Å². The van der Waals surface area contributed by atoms with Crippen LogP contribution in [-0.2, 0) is 9.47 Å². The third-order valence-corrected chi connectivity index (χ3v) is 2.29. The van der Waals surface area contributed by atoms with Crippen LogP contribution in [0.15, 0.2) is 18.2 Å². The molecule has 1 aromatic carbocycles. The molecule has 0 aromatic heterocycles. The van der Waals surface area contributed by atoms with Gasteiger partial charge in [0, 0.05) is 0 Å². The monoisotopic (exact) mass is 192 g/mol. The Balaban J connectivity index is 2.42. The number of rotatable bonds is 2. The standard InChI is InChI=1S/C11H12O3/c1-7-3-4-8(10-6-14-10)9(5-7)11(12)13-2/h3-5,10H,6H2,1-2H3. The van der Waals surface area contributed by atoms with Gasteiger partial charge in [-0.05, 0) is 18.6 Å². The van der Waals surface area contributed by atoms with Crippen LogP contribution >= 0.6 is 0 Å². The minimum absolute atomic E-state index is 0.0877. The maximum Gasteiger partial charge on any atom is 0.338 e. The highest BCUT2D eigenvalue weighted by molar-refractivity contribution is 5.91. The van der Waals surface area contributed by atoms with Gasteiger partial charge < -0.3 is 9.47 Å². The molecule has 3 nitrogen and oxygen atoms in total. The molecule has 1 fully saturated rings. The number of ether oxygens (including phenoxy) is 2. The molecule has 0 amide bonds. The van der Waals surface area contributed by atoms with Crippen molar-refractivity contribution in [3.05, 3.63) is 34.9 Å². The zero-order valence-corrected chi connectivity index (χ0v) is 8.24. The molecule has 0 radical (unpaired) electrons. The number of hydrogen-bond acceptors (Lipinski definition) is 3. The molecule has 0 N–H and O–H groups in total. The lowest BCUT2D eigenvalue weighted by Crippen LogP contribution is -2.05. The van der Waals surface area contributed by atoms with Crippen molar-refractivity contribution in [3.63, 3.8) is 0 Å². The smallest absolute Gasteiger partial charge is 0.338 e. The molecule has 0 bridgehead atoms. The Morgan fingerprint density at radius 1 is 1.57 bits per heavy atom. The van der Waals surface area contributed by atoms with E-state index in [0.717, 1.165) is 11.1 Å². The maximum absolute atomic E-state index is 11.4. The number of esters is 1. The first-order valence-corrected chi connectivity index (χ1v) is 4.53. The average Bonchev–Trinajstić information content (AvgIpc) is 3.00. The summed E-state index contributed by atoms with van der Waals surface area (Å²) in [6, 6.07) is 5.74. The van der Waals surface area contributed by atoms with E-state index >= 15 is 0 Å². The van der Waals surface area contributed by atoms with Crippen LogP contribution in [0.4, 0.5) is 0 Å². The summed E-state index contributed by atoms with van der Waals surface area (Å²) in [6.07, 6.45) is 0.0877. The van der Waals surface area contributed by atoms with Gasteiger partial charge in [-0.3, -0.25) is 0 Å². The molecule has 2 rings (SSSR count). The Hall–Kier alpha value is -1.35. The topological polar surface area (TPSA) is 38.8 Å². The number of carbonyl (C=O) groups is 1. The van der Waals surface area contributed by atoms with Crippen molar-refractivity contribution in [1.82, 2.24) is 0 Å². The van der Waals surface area contributed by atoms with Gasteiger partial charge >= 0.3 is 5.97 Å². The third kappa shape index (κ3) is 1.63. The molecule has 0 saturated carbocycles. The number of hydrogen-bond donors (Lipinski definition) is 0. The fraction of sp³-hybridized carbons (Fsp3) is 0.364. The number of epoxide rings is 1. The van der Waals surface area contributed by atoms with E-state index in [1.807, 2.05) is 25.1 Å². The van der Waals surface area contributed by atoms with Crippen molar-refractivity contribution in [2.24, 2.45) is 0 Å². The maximum atomic E-state index is 11.4. The van der Waals surface area contributed by atoms with Gasteiger partial charge in [-0.15, -0.1) is 0 Å². The molecular formula is C11H12O3. The minimum atomic E-state index is -0.292. The van der Waals surface area contributed by atoms with E-state index in [1.54, 1.807) is 0 Å². The van der Waals surface area contributed by atoms with Gasteiger partial charge in [0.15, 0.2) is 0 Å². The van der Waals surface area contributed by atoms with Gasteiger partial charge in [0.2, 0.25) is 0 Å². The minimum Gasteiger partial charge on any atom is -0.465 e. The Morgan fingerprint density at radius 2 is 2.29 bits per heavy atom. The van der Waals surface area contributed by atoms with Gasteiger partial charge in [-0.2, -0.15) is 0 Å². The van der Waals surface area contributed by atoms with E-state index in [4.69, 9.17) is 9.47 Å². The van der Waals surface area contributed by atoms with Gasteiger partial charge in [-0.1, -0.05) is 17.7 Å². The predicted molar refractivity (Wildman–Crippen MR) is 51.2 cm³/mol. The molecule has 0 aliphatic carbocycles. The molecule has 3 heteroatoms. The largest absolute Gasteiger partial charge is 0.465 e. The second-order valence-electron chi connectivity index (χ2n) is 3.40. The van der Waals surface area contributed by atoms with Crippen molar-refractivity contribution >= 4 is 5.97 Å². The molecule has 14 heavy (non-hydrogen) atoms. The first-order chi connectivity index (χ1) is 6.72. The highest BCUT2D eigenvalue weighted by Crippen LogP contribution is 2.32. The summed E-state index contributed by atoms with van der Waals surface area (Å²) in [5.74, 6) is -0.292. The molecular weight excluding hydrogens is 180 g/mol. The van der Waals surface area contributed by atoms with E-state index in [9.17, 15) is 4.79 Å². The summed E-state index contributed by atoms with van der Waals surface area (Å²) in [7, 11) is 1.39. The van der Waals surface area contributed by atoms with E-state index < -0.39 is 0 Å². The molecule has 1 saturated heterocycles. The summed E-state index contributed by atoms with van der Waals surface area (Å²) < 4.78 is 9.88. The Kier molecular flexibility index (Phi) is 2.25. The second kappa shape index (κ2) is 3.42. The van der Waals surface area contributed by atoms with Crippen molar-refractivity contribution < 1.29 is 14.3 Å². The molecule has 1 heterocycles. The van der Waals surface area contributed by atoms with E-state index in [2.05, 4.69) is 0 Å². The first-order valence-electron chi connectivity index (χ1n) is 4.53. The fourth-order valence-corrected chi connectivity index (χ4v) is 1.47. The van der Waals surface area contributed by atoms with E-state index in [1.165, 1.54) is 7.11 Å². The van der Waals surface area contributed by atoms with E-state index in [0.29, 0.717) is 12.2 Å². The Morgan fingerprint density at radius 3 is 2.86 bits per heavy atom. The zero-order chi connectivity index (χ0) is 10.1. The summed E-state index contributed by atoms with van der Waals surface area (Å²) in [6.45, 7) is 2.65. The molecule has 1 unspecified atom stereocenters.